The van der Waals surface area contributed by atoms with Gasteiger partial charge in [0.2, 0.25) is 0 Å². The standard InChI is InChI=1S/C29H37F2NO.C21H32ClNO.C18H26F3NO.C17H26ClNO/c1-21(2)18-25(19-27(3,4)23-10-12-24(13-11-23)28(5,30)31)32-16-14-29(15-17-32)26-9-7-6-8-22(26)20-33-29;1-21(2,19-3-5-20(22)6-4-19)11-14-23-12-7-17(8-13-23)18-9-15-24-16-10-18;1-17(2,10-13-22-11-8-16(23-3)9-12-22)14-4-6-15(7-5-14)18(19,20)21;1-16(2,14-4-6-15(18)7-5-14)8-11-19-12-9-17(3,20)10-13-19/h6-13,18,25H,14-17,19-20H2,1-5H3;3-6,17-18H,7-16H2,1-2H3;4-7,16H,8-13H2,1-3H3;4-7,20H,8-13H2,1-3H3. The van der Waals surface area contributed by atoms with Crippen LogP contribution in [0.4, 0.5) is 22.0 Å². The monoisotopic (exact) mass is 1430 g/mol. The second-order valence-electron chi connectivity index (χ2n) is 33.1. The summed E-state index contributed by atoms with van der Waals surface area (Å²) in [5.41, 5.74) is 7.78. The van der Waals surface area contributed by atoms with Crippen molar-refractivity contribution in [2.45, 2.75) is 237 Å². The van der Waals surface area contributed by atoms with Gasteiger partial charge in [0.05, 0.1) is 29.5 Å². The van der Waals surface area contributed by atoms with Gasteiger partial charge in [0, 0.05) is 88.2 Å². The van der Waals surface area contributed by atoms with Gasteiger partial charge in [0.1, 0.15) is 0 Å². The Kier molecular flexibility index (Phi) is 29.1. The van der Waals surface area contributed by atoms with Crippen LogP contribution in [0.3, 0.4) is 0 Å². The molecule has 5 saturated heterocycles. The third-order valence-electron chi connectivity index (χ3n) is 23.3. The zero-order valence-electron chi connectivity index (χ0n) is 62.8. The Morgan fingerprint density at radius 2 is 0.930 bits per heavy atom. The Hall–Kier alpha value is -4.25. The number of nitrogens with zero attached hydrogens (tertiary/aromatic N) is 4. The molecule has 15 heteroatoms. The number of halogens is 7. The third-order valence-corrected chi connectivity index (χ3v) is 23.8. The van der Waals surface area contributed by atoms with Gasteiger partial charge in [-0.1, -0.05) is 175 Å². The molecule has 0 aliphatic carbocycles. The molecule has 0 radical (unpaired) electrons. The van der Waals surface area contributed by atoms with E-state index in [0.29, 0.717) is 18.8 Å². The topological polar surface area (TPSA) is 60.9 Å². The van der Waals surface area contributed by atoms with Gasteiger partial charge in [-0.3, -0.25) is 4.90 Å². The zero-order chi connectivity index (χ0) is 72.7. The van der Waals surface area contributed by atoms with E-state index < -0.39 is 23.3 Å². The highest BCUT2D eigenvalue weighted by Gasteiger charge is 2.44. The first kappa shape index (κ1) is 81.4. The number of fused-ring (bicyclic) bond motifs is 2. The maximum Gasteiger partial charge on any atom is 0.416 e. The number of hydrogen-bond donors (Lipinski definition) is 1. The van der Waals surface area contributed by atoms with Crippen LogP contribution in [0, 0.1) is 11.8 Å². The Balaban J connectivity index is 0.000000173. The highest BCUT2D eigenvalue weighted by atomic mass is 35.5. The summed E-state index contributed by atoms with van der Waals surface area (Å²) in [6.45, 7) is 39.7. The van der Waals surface area contributed by atoms with E-state index in [4.69, 9.17) is 37.4 Å². The Bertz CT molecular complexity index is 3270. The molecule has 0 bridgehead atoms. The second-order valence-corrected chi connectivity index (χ2v) is 33.9. The van der Waals surface area contributed by atoms with Crippen LogP contribution in [0.1, 0.15) is 217 Å². The van der Waals surface area contributed by atoms with Crippen molar-refractivity contribution in [2.24, 2.45) is 11.8 Å². The molecule has 5 aromatic rings. The first-order chi connectivity index (χ1) is 47.0. The van der Waals surface area contributed by atoms with Gasteiger partial charge in [-0.25, -0.2) is 8.78 Å². The van der Waals surface area contributed by atoms with Gasteiger partial charge in [-0.05, 0) is 247 Å². The minimum absolute atomic E-state index is 0.0704. The number of aliphatic hydroxyl groups is 1. The minimum Gasteiger partial charge on any atom is -0.390 e. The molecule has 6 aliphatic rings. The molecule has 6 heterocycles. The molecule has 11 rings (SSSR count). The second kappa shape index (κ2) is 35.7. The van der Waals surface area contributed by atoms with Crippen molar-refractivity contribution in [3.63, 3.8) is 0 Å². The number of allylic oxidation sites excluding steroid dienone is 1. The molecular weight excluding hydrogens is 1310 g/mol. The summed E-state index contributed by atoms with van der Waals surface area (Å²) in [6, 6.07) is 38.0. The molecule has 5 fully saturated rings. The van der Waals surface area contributed by atoms with Crippen LogP contribution in [0.5, 0.6) is 0 Å². The normalized spacial score (nSPS) is 19.9. The smallest absolute Gasteiger partial charge is 0.390 e. The van der Waals surface area contributed by atoms with Gasteiger partial charge >= 0.3 is 6.18 Å². The van der Waals surface area contributed by atoms with Crippen molar-refractivity contribution in [2.75, 3.05) is 92.3 Å². The molecule has 8 nitrogen and oxygen atoms in total. The van der Waals surface area contributed by atoms with E-state index >= 15 is 0 Å². The Labute approximate surface area is 609 Å². The van der Waals surface area contributed by atoms with E-state index in [9.17, 15) is 27.1 Å². The fourth-order valence-electron chi connectivity index (χ4n) is 15.7. The third kappa shape index (κ3) is 23.9. The number of likely N-dealkylation sites (tertiary alicyclic amines) is 4. The van der Waals surface area contributed by atoms with Crippen molar-refractivity contribution in [3.8, 4) is 0 Å². The van der Waals surface area contributed by atoms with Gasteiger partial charge in [-0.15, -0.1) is 0 Å². The van der Waals surface area contributed by atoms with Crippen LogP contribution >= 0.6 is 23.2 Å². The van der Waals surface area contributed by atoms with E-state index in [1.165, 1.54) is 91.7 Å². The summed E-state index contributed by atoms with van der Waals surface area (Å²) in [5.74, 6) is -0.946. The van der Waals surface area contributed by atoms with Crippen molar-refractivity contribution in [1.82, 2.24) is 19.6 Å². The van der Waals surface area contributed by atoms with Gasteiger partial charge in [-0.2, -0.15) is 13.2 Å². The van der Waals surface area contributed by atoms with Crippen molar-refractivity contribution < 1.29 is 41.3 Å². The summed E-state index contributed by atoms with van der Waals surface area (Å²) in [4.78, 5) is 10.1. The lowest BCUT2D eigenvalue weighted by atomic mass is 9.77. The van der Waals surface area contributed by atoms with E-state index in [0.717, 1.165) is 163 Å². The quantitative estimate of drug-likeness (QED) is 0.0611. The largest absolute Gasteiger partial charge is 0.416 e. The van der Waals surface area contributed by atoms with E-state index in [2.05, 4.69) is 143 Å². The van der Waals surface area contributed by atoms with E-state index in [1.807, 2.05) is 43.3 Å². The Morgan fingerprint density at radius 3 is 1.37 bits per heavy atom. The number of ether oxygens (including phenoxy) is 3. The highest BCUT2D eigenvalue weighted by molar-refractivity contribution is 6.30. The highest BCUT2D eigenvalue weighted by Crippen LogP contribution is 2.46. The zero-order valence-corrected chi connectivity index (χ0v) is 64.4. The summed E-state index contributed by atoms with van der Waals surface area (Å²) in [7, 11) is 1.76. The van der Waals surface area contributed by atoms with Gasteiger partial charge in [0.25, 0.3) is 5.92 Å². The molecule has 554 valence electrons. The maximum atomic E-state index is 13.7. The maximum absolute atomic E-state index is 13.7. The predicted octanol–water partition coefficient (Wildman–Crippen LogP) is 20.8. The average molecular weight is 1430 g/mol. The summed E-state index contributed by atoms with van der Waals surface area (Å²) in [5, 5.41) is 11.6. The first-order valence-electron chi connectivity index (χ1n) is 37.4. The summed E-state index contributed by atoms with van der Waals surface area (Å²) < 4.78 is 82.6. The van der Waals surface area contributed by atoms with Crippen LogP contribution in [0.15, 0.2) is 133 Å². The molecule has 0 amide bonds. The van der Waals surface area contributed by atoms with E-state index in [1.54, 1.807) is 31.4 Å². The molecule has 0 saturated carbocycles. The van der Waals surface area contributed by atoms with Gasteiger partial charge in [0.15, 0.2) is 0 Å². The molecule has 0 aromatic heterocycles. The SMILES string of the molecule is CC(C)(CCN1CCC(C2CCOCC2)CC1)c1ccc(Cl)cc1.CC(C)=CC(CC(C)(C)c1ccc(C(C)(F)F)cc1)N1CCC2(CC1)OCc1ccccc12.CC1(O)CCN(CCC(C)(C)c2ccc(Cl)cc2)CC1.COC1CCN(CCC(C)(C)c2ccc(C(F)(F)F)cc2)CC1. The molecule has 5 aromatic carbocycles. The molecule has 1 unspecified atom stereocenters. The minimum atomic E-state index is -4.27. The molecule has 6 aliphatic heterocycles. The van der Waals surface area contributed by atoms with Crippen molar-refractivity contribution >= 4 is 23.2 Å². The van der Waals surface area contributed by atoms with Crippen LogP contribution in [0.25, 0.3) is 0 Å². The number of rotatable bonds is 20. The lowest BCUT2D eigenvalue weighted by Gasteiger charge is -2.44. The first-order valence-corrected chi connectivity index (χ1v) is 38.1. The number of piperidine rings is 4. The van der Waals surface area contributed by atoms with Crippen molar-refractivity contribution in [1.29, 1.82) is 0 Å². The number of methoxy groups -OCH3 is 1. The number of benzene rings is 5. The van der Waals surface area contributed by atoms with Crippen LogP contribution in [-0.4, -0.2) is 135 Å². The van der Waals surface area contributed by atoms with Crippen molar-refractivity contribution in [3.05, 3.63) is 188 Å². The van der Waals surface area contributed by atoms with E-state index in [-0.39, 0.29) is 32.8 Å². The Morgan fingerprint density at radius 1 is 0.530 bits per heavy atom. The number of alkyl halides is 5. The number of hydrogen-bond acceptors (Lipinski definition) is 8. The lowest BCUT2D eigenvalue weighted by Crippen LogP contribution is -2.48. The predicted molar refractivity (Wildman–Crippen MR) is 403 cm³/mol. The van der Waals surface area contributed by atoms with Crippen LogP contribution in [0.2, 0.25) is 10.0 Å². The van der Waals surface area contributed by atoms with Gasteiger partial charge < -0.3 is 34.0 Å². The molecule has 1 atom stereocenters. The average Bonchev–Trinajstić information content (AvgIpc) is 1.61. The molecular formula is C85H121Cl2F5N4O4. The summed E-state index contributed by atoms with van der Waals surface area (Å²) in [6.07, 6.45) is 13.9. The molecule has 1 N–H and O–H groups in total. The lowest BCUT2D eigenvalue weighted by molar-refractivity contribution is -0.137. The van der Waals surface area contributed by atoms with Crippen LogP contribution in [-0.2, 0) is 60.2 Å². The molecule has 1 spiro atoms. The summed E-state index contributed by atoms with van der Waals surface area (Å²) >= 11 is 12.0. The fraction of sp³-hybridized carbons (Fsp3) is 0.624. The molecule has 100 heavy (non-hydrogen) atoms. The van der Waals surface area contributed by atoms with Crippen LogP contribution < -0.4 is 0 Å². The fourth-order valence-corrected chi connectivity index (χ4v) is 15.9.